The number of hydrogen-bond acceptors (Lipinski definition) is 3. The Morgan fingerprint density at radius 1 is 1.40 bits per heavy atom. The average molecular weight is 204 g/mol. The maximum absolute atomic E-state index is 5.71. The Labute approximate surface area is 90.2 Å². The smallest absolute Gasteiger partial charge is 0.145 e. The van der Waals surface area contributed by atoms with Gasteiger partial charge in [0, 0.05) is 6.54 Å². The molecule has 80 valence electrons. The molecule has 0 fully saturated rings. The highest BCUT2D eigenvalue weighted by Gasteiger charge is 2.06. The minimum atomic E-state index is 0.546. The van der Waals surface area contributed by atoms with Gasteiger partial charge in [-0.1, -0.05) is 12.1 Å². The van der Waals surface area contributed by atoms with Gasteiger partial charge in [0.05, 0.1) is 6.54 Å². The number of aryl methyl sites for hydroxylation is 2. The molecule has 1 heterocycles. The zero-order valence-corrected chi connectivity index (χ0v) is 9.21. The summed E-state index contributed by atoms with van der Waals surface area (Å²) in [4.78, 5) is 4.28. The topological polar surface area (TPSA) is 33.6 Å². The van der Waals surface area contributed by atoms with E-state index in [9.17, 15) is 0 Å². The van der Waals surface area contributed by atoms with Crippen LogP contribution in [0.1, 0.15) is 11.1 Å². The lowest BCUT2D eigenvalue weighted by atomic mass is 10.1. The fourth-order valence-corrected chi connectivity index (χ4v) is 1.55. The van der Waals surface area contributed by atoms with Crippen LogP contribution in [0, 0.1) is 13.8 Å². The normalized spacial score (nSPS) is 14.7. The molecule has 0 unspecified atom stereocenters. The van der Waals surface area contributed by atoms with E-state index in [1.54, 1.807) is 0 Å². The summed E-state index contributed by atoms with van der Waals surface area (Å²) in [6, 6.07) is 6.23. The molecular weight excluding hydrogens is 188 g/mol. The summed E-state index contributed by atoms with van der Waals surface area (Å²) < 4.78 is 5.71. The zero-order chi connectivity index (χ0) is 10.7. The maximum atomic E-state index is 5.71. The van der Waals surface area contributed by atoms with Crippen LogP contribution in [0.4, 0.5) is 0 Å². The van der Waals surface area contributed by atoms with E-state index in [-0.39, 0.29) is 0 Å². The zero-order valence-electron chi connectivity index (χ0n) is 9.21. The molecular formula is C12H16N2O. The van der Waals surface area contributed by atoms with E-state index >= 15 is 0 Å². The van der Waals surface area contributed by atoms with Crippen LogP contribution >= 0.6 is 0 Å². The standard InChI is InChI=1S/C12H16N2O/c1-9-3-4-10(2)11(7-9)15-8-12-13-5-6-14-12/h3-4,7H,5-6,8H2,1-2H3,(H,13,14). The predicted molar refractivity (Wildman–Crippen MR) is 61.7 cm³/mol. The van der Waals surface area contributed by atoms with Crippen molar-refractivity contribution in [2.45, 2.75) is 13.8 Å². The largest absolute Gasteiger partial charge is 0.485 e. The number of amidine groups is 1. The third kappa shape index (κ3) is 2.49. The summed E-state index contributed by atoms with van der Waals surface area (Å²) in [5, 5.41) is 3.19. The molecule has 2 rings (SSSR count). The molecule has 1 aromatic rings. The summed E-state index contributed by atoms with van der Waals surface area (Å²) >= 11 is 0. The SMILES string of the molecule is Cc1ccc(C)c(OCC2=NCCN2)c1. The van der Waals surface area contributed by atoms with E-state index in [4.69, 9.17) is 4.74 Å². The van der Waals surface area contributed by atoms with Gasteiger partial charge in [-0.25, -0.2) is 0 Å². The second-order valence-corrected chi connectivity index (χ2v) is 3.81. The van der Waals surface area contributed by atoms with E-state index in [1.165, 1.54) is 11.1 Å². The van der Waals surface area contributed by atoms with Crippen molar-refractivity contribution in [3.8, 4) is 5.75 Å². The monoisotopic (exact) mass is 204 g/mol. The summed E-state index contributed by atoms with van der Waals surface area (Å²) in [5.74, 6) is 1.90. The van der Waals surface area contributed by atoms with E-state index in [0.29, 0.717) is 6.61 Å². The van der Waals surface area contributed by atoms with E-state index in [0.717, 1.165) is 24.7 Å². The van der Waals surface area contributed by atoms with Crippen molar-refractivity contribution < 1.29 is 4.74 Å². The highest BCUT2D eigenvalue weighted by atomic mass is 16.5. The van der Waals surface area contributed by atoms with Gasteiger partial charge in [0.25, 0.3) is 0 Å². The molecule has 1 aliphatic heterocycles. The quantitative estimate of drug-likeness (QED) is 0.812. The summed E-state index contributed by atoms with van der Waals surface area (Å²) in [7, 11) is 0. The molecule has 0 saturated carbocycles. The molecule has 0 aliphatic carbocycles. The lowest BCUT2D eigenvalue weighted by Crippen LogP contribution is -2.25. The van der Waals surface area contributed by atoms with E-state index < -0.39 is 0 Å². The molecule has 1 aromatic carbocycles. The van der Waals surface area contributed by atoms with Crippen LogP contribution < -0.4 is 10.1 Å². The van der Waals surface area contributed by atoms with Gasteiger partial charge >= 0.3 is 0 Å². The van der Waals surface area contributed by atoms with Crippen LogP contribution in [0.5, 0.6) is 5.75 Å². The Balaban J connectivity index is 2.00. The summed E-state index contributed by atoms with van der Waals surface area (Å²) in [6.45, 7) is 6.47. The third-order valence-corrected chi connectivity index (χ3v) is 2.45. The number of nitrogens with zero attached hydrogens (tertiary/aromatic N) is 1. The number of aliphatic imine (C=N–C) groups is 1. The first-order valence-corrected chi connectivity index (χ1v) is 5.23. The van der Waals surface area contributed by atoms with Crippen molar-refractivity contribution in [3.05, 3.63) is 29.3 Å². The minimum absolute atomic E-state index is 0.546. The number of nitrogens with one attached hydrogen (secondary N) is 1. The van der Waals surface area contributed by atoms with Crippen molar-refractivity contribution in [2.24, 2.45) is 4.99 Å². The first kappa shape index (κ1) is 10.0. The van der Waals surface area contributed by atoms with Crippen LogP contribution in [-0.2, 0) is 0 Å². The van der Waals surface area contributed by atoms with Gasteiger partial charge in [-0.3, -0.25) is 4.99 Å². The predicted octanol–water partition coefficient (Wildman–Crippen LogP) is 1.68. The van der Waals surface area contributed by atoms with Crippen LogP contribution in [0.3, 0.4) is 0 Å². The lowest BCUT2D eigenvalue weighted by molar-refractivity contribution is 0.370. The highest BCUT2D eigenvalue weighted by molar-refractivity contribution is 5.85. The molecule has 0 radical (unpaired) electrons. The van der Waals surface area contributed by atoms with Crippen molar-refractivity contribution in [1.29, 1.82) is 0 Å². The summed E-state index contributed by atoms with van der Waals surface area (Å²) in [6.07, 6.45) is 0. The van der Waals surface area contributed by atoms with Gasteiger partial charge < -0.3 is 10.1 Å². The van der Waals surface area contributed by atoms with Gasteiger partial charge in [-0.2, -0.15) is 0 Å². The fraction of sp³-hybridized carbons (Fsp3) is 0.417. The van der Waals surface area contributed by atoms with E-state index in [2.05, 4.69) is 42.4 Å². The van der Waals surface area contributed by atoms with Gasteiger partial charge in [0.2, 0.25) is 0 Å². The van der Waals surface area contributed by atoms with Gasteiger partial charge in [-0.05, 0) is 31.0 Å². The number of benzene rings is 1. The Bertz CT molecular complexity index is 385. The van der Waals surface area contributed by atoms with Crippen LogP contribution in [0.2, 0.25) is 0 Å². The molecule has 0 atom stereocenters. The van der Waals surface area contributed by atoms with Crippen LogP contribution in [0.15, 0.2) is 23.2 Å². The molecule has 0 spiro atoms. The molecule has 15 heavy (non-hydrogen) atoms. The van der Waals surface area contributed by atoms with Crippen LogP contribution in [0.25, 0.3) is 0 Å². The second-order valence-electron chi connectivity index (χ2n) is 3.81. The average Bonchev–Trinajstić information content (AvgIpc) is 2.72. The molecule has 0 saturated heterocycles. The molecule has 3 nitrogen and oxygen atoms in total. The lowest BCUT2D eigenvalue weighted by Gasteiger charge is -2.09. The molecule has 1 aliphatic rings. The van der Waals surface area contributed by atoms with E-state index in [1.807, 2.05) is 0 Å². The minimum Gasteiger partial charge on any atom is -0.485 e. The van der Waals surface area contributed by atoms with Crippen molar-refractivity contribution in [2.75, 3.05) is 19.7 Å². The van der Waals surface area contributed by atoms with Gasteiger partial charge in [-0.15, -0.1) is 0 Å². The first-order chi connectivity index (χ1) is 7.25. The Morgan fingerprint density at radius 3 is 3.00 bits per heavy atom. The van der Waals surface area contributed by atoms with Gasteiger partial charge in [0.15, 0.2) is 0 Å². The van der Waals surface area contributed by atoms with Gasteiger partial charge in [0.1, 0.15) is 18.2 Å². The first-order valence-electron chi connectivity index (χ1n) is 5.23. The number of rotatable bonds is 3. The maximum Gasteiger partial charge on any atom is 0.145 e. The second kappa shape index (κ2) is 4.34. The molecule has 0 aromatic heterocycles. The van der Waals surface area contributed by atoms with Crippen molar-refractivity contribution in [3.63, 3.8) is 0 Å². The molecule has 3 heteroatoms. The fourth-order valence-electron chi connectivity index (χ4n) is 1.55. The Kier molecular flexibility index (Phi) is 2.90. The Hall–Kier alpha value is -1.51. The van der Waals surface area contributed by atoms with Crippen molar-refractivity contribution >= 4 is 5.84 Å². The van der Waals surface area contributed by atoms with Crippen molar-refractivity contribution in [1.82, 2.24) is 5.32 Å². The number of hydrogen-bond donors (Lipinski definition) is 1. The highest BCUT2D eigenvalue weighted by Crippen LogP contribution is 2.18. The number of ether oxygens (including phenoxy) is 1. The molecule has 0 amide bonds. The summed E-state index contributed by atoms with van der Waals surface area (Å²) in [5.41, 5.74) is 2.39. The Morgan fingerprint density at radius 2 is 2.27 bits per heavy atom. The van der Waals surface area contributed by atoms with Crippen LogP contribution in [-0.4, -0.2) is 25.5 Å². The molecule has 1 N–H and O–H groups in total. The molecule has 0 bridgehead atoms. The third-order valence-electron chi connectivity index (χ3n) is 2.45.